The van der Waals surface area contributed by atoms with Crippen LogP contribution in [-0.2, 0) is 16.1 Å². The van der Waals surface area contributed by atoms with Gasteiger partial charge in [-0.15, -0.1) is 0 Å². The van der Waals surface area contributed by atoms with Crippen molar-refractivity contribution in [3.05, 3.63) is 33.9 Å². The van der Waals surface area contributed by atoms with Crippen LogP contribution in [-0.4, -0.2) is 16.0 Å². The largest absolute Gasteiger partial charge is 0.502 e. The van der Waals surface area contributed by atoms with Crippen molar-refractivity contribution >= 4 is 11.7 Å². The van der Waals surface area contributed by atoms with Gasteiger partial charge in [-0.25, -0.2) is 0 Å². The lowest BCUT2D eigenvalue weighted by Gasteiger charge is -2.00. The van der Waals surface area contributed by atoms with E-state index in [0.29, 0.717) is 5.56 Å². The molecule has 0 aromatic heterocycles. The minimum Gasteiger partial charge on any atom is -0.502 e. The van der Waals surface area contributed by atoms with Crippen molar-refractivity contribution in [2.45, 2.75) is 6.42 Å². The highest BCUT2D eigenvalue weighted by atomic mass is 16.7. The van der Waals surface area contributed by atoms with Gasteiger partial charge in [-0.1, -0.05) is 6.07 Å². The number of hydrogen-bond acceptors (Lipinski definition) is 6. The normalized spacial score (nSPS) is 9.67. The molecule has 0 aliphatic heterocycles. The first kappa shape index (κ1) is 10.9. The Bertz CT molecular complexity index is 404. The zero-order valence-electron chi connectivity index (χ0n) is 7.54. The standard InChI is InChI=1S/C8H8N2O5/c9-15-8(12)4-5-1-2-7(11)6(3-5)10(13)14/h1-3,11H,4,9H2. The van der Waals surface area contributed by atoms with E-state index in [-0.39, 0.29) is 6.42 Å². The number of nitrogens with two attached hydrogens (primary N) is 1. The third kappa shape index (κ3) is 2.64. The van der Waals surface area contributed by atoms with Gasteiger partial charge in [-0.05, 0) is 11.6 Å². The molecule has 3 N–H and O–H groups in total. The number of nitro benzene ring substituents is 1. The van der Waals surface area contributed by atoms with Gasteiger partial charge in [0.2, 0.25) is 0 Å². The summed E-state index contributed by atoms with van der Waals surface area (Å²) in [6.07, 6.45) is -0.183. The van der Waals surface area contributed by atoms with E-state index in [4.69, 9.17) is 5.11 Å². The van der Waals surface area contributed by atoms with Crippen molar-refractivity contribution in [1.29, 1.82) is 0 Å². The molecule has 0 aliphatic carbocycles. The Hall–Kier alpha value is -2.15. The first-order valence-corrected chi connectivity index (χ1v) is 3.90. The fourth-order valence-electron chi connectivity index (χ4n) is 1.03. The average molecular weight is 212 g/mol. The lowest BCUT2D eigenvalue weighted by atomic mass is 10.1. The van der Waals surface area contributed by atoms with Crippen LogP contribution >= 0.6 is 0 Å². The molecule has 0 atom stereocenters. The van der Waals surface area contributed by atoms with Crippen LogP contribution in [0.15, 0.2) is 18.2 Å². The zero-order valence-corrected chi connectivity index (χ0v) is 7.54. The molecule has 0 heterocycles. The zero-order chi connectivity index (χ0) is 11.4. The summed E-state index contributed by atoms with van der Waals surface area (Å²) in [5, 5.41) is 19.5. The van der Waals surface area contributed by atoms with Crippen molar-refractivity contribution in [3.8, 4) is 5.75 Å². The van der Waals surface area contributed by atoms with Crippen LogP contribution in [0.5, 0.6) is 5.75 Å². The number of carbonyl (C=O) groups is 1. The third-order valence-corrected chi connectivity index (χ3v) is 1.72. The number of carbonyl (C=O) groups excluding carboxylic acids is 1. The molecule has 0 spiro atoms. The maximum atomic E-state index is 10.8. The number of rotatable bonds is 3. The van der Waals surface area contributed by atoms with E-state index in [9.17, 15) is 14.9 Å². The number of nitrogens with zero attached hydrogens (tertiary/aromatic N) is 1. The van der Waals surface area contributed by atoms with Crippen LogP contribution in [0, 0.1) is 10.1 Å². The lowest BCUT2D eigenvalue weighted by Crippen LogP contribution is -2.12. The first-order valence-electron chi connectivity index (χ1n) is 3.90. The summed E-state index contributed by atoms with van der Waals surface area (Å²) >= 11 is 0. The number of phenols is 1. The number of phenolic OH excluding ortho intramolecular Hbond substituents is 1. The quantitative estimate of drug-likeness (QED) is 0.548. The summed E-state index contributed by atoms with van der Waals surface area (Å²) in [6.45, 7) is 0. The van der Waals surface area contributed by atoms with Gasteiger partial charge < -0.3 is 9.94 Å². The van der Waals surface area contributed by atoms with Crippen LogP contribution in [0.1, 0.15) is 5.56 Å². The lowest BCUT2D eigenvalue weighted by molar-refractivity contribution is -0.385. The molecule has 80 valence electrons. The maximum absolute atomic E-state index is 10.8. The molecule has 15 heavy (non-hydrogen) atoms. The van der Waals surface area contributed by atoms with E-state index in [1.54, 1.807) is 0 Å². The van der Waals surface area contributed by atoms with Gasteiger partial charge in [-0.3, -0.25) is 14.9 Å². The van der Waals surface area contributed by atoms with E-state index in [2.05, 4.69) is 10.7 Å². The van der Waals surface area contributed by atoms with Crippen molar-refractivity contribution in [1.82, 2.24) is 0 Å². The Kier molecular flexibility index (Phi) is 3.19. The van der Waals surface area contributed by atoms with Gasteiger partial charge in [0.05, 0.1) is 11.3 Å². The highest BCUT2D eigenvalue weighted by Gasteiger charge is 2.15. The van der Waals surface area contributed by atoms with Crippen LogP contribution in [0.2, 0.25) is 0 Å². The van der Waals surface area contributed by atoms with E-state index in [1.165, 1.54) is 6.07 Å². The SMILES string of the molecule is NOC(=O)Cc1ccc(O)c([N+](=O)[O-])c1. The first-order chi connectivity index (χ1) is 7.04. The molecule has 7 heteroatoms. The number of aromatic hydroxyl groups is 1. The van der Waals surface area contributed by atoms with Crippen LogP contribution in [0.4, 0.5) is 5.69 Å². The van der Waals surface area contributed by atoms with Crippen molar-refractivity contribution in [3.63, 3.8) is 0 Å². The molecule has 0 bridgehead atoms. The molecule has 0 fully saturated rings. The predicted molar refractivity (Wildman–Crippen MR) is 48.7 cm³/mol. The van der Waals surface area contributed by atoms with Gasteiger partial charge in [-0.2, -0.15) is 5.90 Å². The van der Waals surface area contributed by atoms with Crippen molar-refractivity contribution < 1.29 is 19.7 Å². The van der Waals surface area contributed by atoms with Crippen LogP contribution in [0.3, 0.4) is 0 Å². The smallest absolute Gasteiger partial charge is 0.328 e. The second-order valence-electron chi connectivity index (χ2n) is 2.75. The Morgan fingerprint density at radius 3 is 2.80 bits per heavy atom. The Labute approximate surface area is 84.2 Å². The average Bonchev–Trinajstić information content (AvgIpc) is 2.20. The molecule has 0 unspecified atom stereocenters. The highest BCUT2D eigenvalue weighted by Crippen LogP contribution is 2.26. The predicted octanol–water partition coefficient (Wildman–Crippen LogP) is 0.260. The fraction of sp³-hybridized carbons (Fsp3) is 0.125. The molecule has 1 aromatic rings. The van der Waals surface area contributed by atoms with Gasteiger partial charge >= 0.3 is 11.7 Å². The molecule has 7 nitrogen and oxygen atoms in total. The van der Waals surface area contributed by atoms with Gasteiger partial charge in [0.1, 0.15) is 0 Å². The molecule has 0 amide bonds. The highest BCUT2D eigenvalue weighted by molar-refractivity contribution is 5.72. The van der Waals surface area contributed by atoms with E-state index in [1.807, 2.05) is 0 Å². The Morgan fingerprint density at radius 2 is 2.27 bits per heavy atom. The van der Waals surface area contributed by atoms with Gasteiger partial charge in [0, 0.05) is 6.07 Å². The molecular formula is C8H8N2O5. The minimum absolute atomic E-state index is 0.183. The second-order valence-corrected chi connectivity index (χ2v) is 2.75. The Balaban J connectivity index is 2.97. The molecular weight excluding hydrogens is 204 g/mol. The molecule has 1 rings (SSSR count). The van der Waals surface area contributed by atoms with Crippen LogP contribution in [0.25, 0.3) is 0 Å². The van der Waals surface area contributed by atoms with Gasteiger partial charge in [0.15, 0.2) is 5.75 Å². The Morgan fingerprint density at radius 1 is 1.60 bits per heavy atom. The summed E-state index contributed by atoms with van der Waals surface area (Å²) in [5.41, 5.74) is -0.118. The number of nitro groups is 1. The number of hydrogen-bond donors (Lipinski definition) is 2. The van der Waals surface area contributed by atoms with E-state index in [0.717, 1.165) is 12.1 Å². The molecule has 0 saturated carbocycles. The molecule has 0 aliphatic rings. The van der Waals surface area contributed by atoms with E-state index < -0.39 is 22.3 Å². The monoisotopic (exact) mass is 212 g/mol. The summed E-state index contributed by atoms with van der Waals surface area (Å²) in [4.78, 5) is 24.4. The summed E-state index contributed by atoms with van der Waals surface area (Å²) in [6, 6.07) is 3.60. The van der Waals surface area contributed by atoms with Crippen molar-refractivity contribution in [2.24, 2.45) is 5.90 Å². The number of benzene rings is 1. The third-order valence-electron chi connectivity index (χ3n) is 1.72. The minimum atomic E-state index is -0.743. The van der Waals surface area contributed by atoms with Gasteiger partial charge in [0.25, 0.3) is 0 Å². The van der Waals surface area contributed by atoms with Crippen LogP contribution < -0.4 is 5.90 Å². The maximum Gasteiger partial charge on any atom is 0.328 e. The topological polar surface area (TPSA) is 116 Å². The molecule has 0 radical (unpaired) electrons. The fourth-order valence-corrected chi connectivity index (χ4v) is 1.03. The van der Waals surface area contributed by atoms with E-state index >= 15 is 0 Å². The van der Waals surface area contributed by atoms with Crippen molar-refractivity contribution in [2.75, 3.05) is 0 Å². The summed E-state index contributed by atoms with van der Waals surface area (Å²) < 4.78 is 0. The summed E-state index contributed by atoms with van der Waals surface area (Å²) in [7, 11) is 0. The summed E-state index contributed by atoms with van der Waals surface area (Å²) in [5.74, 6) is 3.45. The molecule has 1 aromatic carbocycles. The molecule has 0 saturated heterocycles. The second kappa shape index (κ2) is 4.38.